The summed E-state index contributed by atoms with van der Waals surface area (Å²) in [5.41, 5.74) is 2.35. The highest BCUT2D eigenvalue weighted by atomic mass is 32.2. The first-order valence-corrected chi connectivity index (χ1v) is 11.6. The summed E-state index contributed by atoms with van der Waals surface area (Å²) >= 11 is 0. The van der Waals surface area contributed by atoms with E-state index in [1.54, 1.807) is 12.1 Å². The van der Waals surface area contributed by atoms with E-state index in [4.69, 9.17) is 0 Å². The van der Waals surface area contributed by atoms with E-state index in [-0.39, 0.29) is 5.75 Å². The average Bonchev–Trinajstić information content (AvgIpc) is 2.93. The summed E-state index contributed by atoms with van der Waals surface area (Å²) in [6.07, 6.45) is 6.43. The summed E-state index contributed by atoms with van der Waals surface area (Å²) < 4.78 is 50.7. The number of hydrogen-bond acceptors (Lipinski definition) is 4. The third kappa shape index (κ3) is 3.61. The lowest BCUT2D eigenvalue weighted by molar-refractivity contribution is 0.270. The zero-order valence-electron chi connectivity index (χ0n) is 13.4. The van der Waals surface area contributed by atoms with Gasteiger partial charge in [0.15, 0.2) is 0 Å². The maximum absolute atomic E-state index is 13.0. The Morgan fingerprint density at radius 2 is 1.78 bits per heavy atom. The van der Waals surface area contributed by atoms with E-state index in [1.807, 2.05) is 6.07 Å². The van der Waals surface area contributed by atoms with Crippen molar-refractivity contribution in [3.8, 4) is 0 Å². The van der Waals surface area contributed by atoms with E-state index < -0.39 is 25.9 Å². The van der Waals surface area contributed by atoms with Crippen molar-refractivity contribution >= 4 is 19.9 Å². The molecule has 7 heteroatoms. The summed E-state index contributed by atoms with van der Waals surface area (Å²) in [5, 5.41) is 0. The van der Waals surface area contributed by atoms with Gasteiger partial charge in [0.05, 0.1) is 10.6 Å². The van der Waals surface area contributed by atoms with Gasteiger partial charge >= 0.3 is 0 Å². The van der Waals surface area contributed by atoms with Crippen molar-refractivity contribution in [3.05, 3.63) is 29.3 Å². The van der Waals surface area contributed by atoms with Crippen LogP contribution < -0.4 is 0 Å². The predicted octanol–water partition coefficient (Wildman–Crippen LogP) is 1.76. The van der Waals surface area contributed by atoms with Gasteiger partial charge in [-0.1, -0.05) is 12.5 Å². The molecule has 3 rings (SSSR count). The van der Waals surface area contributed by atoms with E-state index in [0.717, 1.165) is 37.7 Å². The van der Waals surface area contributed by atoms with Gasteiger partial charge in [-0.2, -0.15) is 4.31 Å². The molecule has 1 saturated heterocycles. The SMILES string of the molecule is CS(=O)(=O)CC1CCCCN1S(=O)(=O)c1ccc2c(c1)CCC2. The van der Waals surface area contributed by atoms with Gasteiger partial charge in [-0.3, -0.25) is 0 Å². The third-order valence-corrected chi connectivity index (χ3v) is 7.68. The van der Waals surface area contributed by atoms with E-state index in [2.05, 4.69) is 0 Å². The number of piperidine rings is 1. The molecule has 1 atom stereocenters. The quantitative estimate of drug-likeness (QED) is 0.823. The molecule has 0 amide bonds. The van der Waals surface area contributed by atoms with Gasteiger partial charge in [-0.25, -0.2) is 16.8 Å². The maximum Gasteiger partial charge on any atom is 0.243 e. The molecule has 2 aliphatic rings. The summed E-state index contributed by atoms with van der Waals surface area (Å²) in [6.45, 7) is 0.402. The molecule has 0 bridgehead atoms. The fourth-order valence-corrected chi connectivity index (χ4v) is 6.53. The zero-order chi connectivity index (χ0) is 16.7. The summed E-state index contributed by atoms with van der Waals surface area (Å²) in [4.78, 5) is 0.304. The lowest BCUT2D eigenvalue weighted by Gasteiger charge is -2.34. The molecule has 1 aromatic carbocycles. The Labute approximate surface area is 138 Å². The Bertz CT molecular complexity index is 799. The Hall–Kier alpha value is -0.920. The smallest absolute Gasteiger partial charge is 0.229 e. The summed E-state index contributed by atoms with van der Waals surface area (Å²) in [5.74, 6) is -0.100. The predicted molar refractivity (Wildman–Crippen MR) is 89.7 cm³/mol. The number of sulfonamides is 1. The first-order valence-electron chi connectivity index (χ1n) is 8.09. The van der Waals surface area contributed by atoms with Gasteiger partial charge < -0.3 is 0 Å². The van der Waals surface area contributed by atoms with Crippen molar-refractivity contribution < 1.29 is 16.8 Å². The standard InChI is InChI=1S/C16H23NO4S2/c1-22(18,19)12-15-7-2-3-10-17(15)23(20,21)16-9-8-13-5-4-6-14(13)11-16/h8-9,11,15H,2-7,10,12H2,1H3. The van der Waals surface area contributed by atoms with Crippen LogP contribution in [0.2, 0.25) is 0 Å². The molecule has 23 heavy (non-hydrogen) atoms. The molecule has 128 valence electrons. The Kier molecular flexibility index (Phi) is 4.55. The molecule has 0 spiro atoms. The van der Waals surface area contributed by atoms with Gasteiger partial charge in [-0.15, -0.1) is 0 Å². The van der Waals surface area contributed by atoms with Crippen molar-refractivity contribution in [2.24, 2.45) is 0 Å². The normalized spacial score (nSPS) is 22.9. The average molecular weight is 357 g/mol. The van der Waals surface area contributed by atoms with E-state index in [0.29, 0.717) is 17.9 Å². The molecule has 1 heterocycles. The monoisotopic (exact) mass is 357 g/mol. The van der Waals surface area contributed by atoms with Gasteiger partial charge in [0, 0.05) is 18.8 Å². The highest BCUT2D eigenvalue weighted by Gasteiger charge is 2.35. The summed E-state index contributed by atoms with van der Waals surface area (Å²) in [7, 11) is -6.85. The number of rotatable bonds is 4. The molecule has 0 radical (unpaired) electrons. The second kappa shape index (κ2) is 6.18. The molecule has 1 aromatic rings. The van der Waals surface area contributed by atoms with Crippen LogP contribution in [0.15, 0.2) is 23.1 Å². The maximum atomic E-state index is 13.0. The molecule has 0 saturated carbocycles. The van der Waals surface area contributed by atoms with Crippen molar-refractivity contribution in [1.29, 1.82) is 0 Å². The van der Waals surface area contributed by atoms with E-state index >= 15 is 0 Å². The number of nitrogens with zero attached hydrogens (tertiary/aromatic N) is 1. The number of fused-ring (bicyclic) bond motifs is 1. The Balaban J connectivity index is 1.93. The van der Waals surface area contributed by atoms with Crippen LogP contribution in [-0.4, -0.2) is 45.7 Å². The number of sulfone groups is 1. The molecular formula is C16H23NO4S2. The Morgan fingerprint density at radius 3 is 2.52 bits per heavy atom. The van der Waals surface area contributed by atoms with Crippen LogP contribution in [0.5, 0.6) is 0 Å². The highest BCUT2D eigenvalue weighted by molar-refractivity contribution is 7.91. The van der Waals surface area contributed by atoms with Crippen molar-refractivity contribution in [3.63, 3.8) is 0 Å². The minimum atomic E-state index is -3.64. The number of aryl methyl sites for hydroxylation is 2. The molecular weight excluding hydrogens is 334 g/mol. The van der Waals surface area contributed by atoms with Gasteiger partial charge in [0.2, 0.25) is 10.0 Å². The minimum Gasteiger partial charge on any atom is -0.229 e. The minimum absolute atomic E-state index is 0.100. The van der Waals surface area contributed by atoms with Crippen LogP contribution >= 0.6 is 0 Å². The van der Waals surface area contributed by atoms with Crippen LogP contribution in [0.3, 0.4) is 0 Å². The van der Waals surface area contributed by atoms with Crippen molar-refractivity contribution in [1.82, 2.24) is 4.31 Å². The molecule has 5 nitrogen and oxygen atoms in total. The molecule has 1 aliphatic carbocycles. The van der Waals surface area contributed by atoms with Gasteiger partial charge in [0.1, 0.15) is 9.84 Å². The summed E-state index contributed by atoms with van der Waals surface area (Å²) in [6, 6.07) is 4.91. The van der Waals surface area contributed by atoms with Crippen molar-refractivity contribution in [2.45, 2.75) is 49.5 Å². The first-order chi connectivity index (χ1) is 10.8. The van der Waals surface area contributed by atoms with Gasteiger partial charge in [-0.05, 0) is 55.4 Å². The highest BCUT2D eigenvalue weighted by Crippen LogP contribution is 2.29. The van der Waals surface area contributed by atoms with E-state index in [9.17, 15) is 16.8 Å². The fraction of sp³-hybridized carbons (Fsp3) is 0.625. The zero-order valence-corrected chi connectivity index (χ0v) is 15.0. The lowest BCUT2D eigenvalue weighted by Crippen LogP contribution is -2.46. The van der Waals surface area contributed by atoms with Crippen LogP contribution in [0.1, 0.15) is 36.8 Å². The van der Waals surface area contributed by atoms with Crippen LogP contribution in [0.4, 0.5) is 0 Å². The number of hydrogen-bond donors (Lipinski definition) is 0. The number of benzene rings is 1. The van der Waals surface area contributed by atoms with Crippen molar-refractivity contribution in [2.75, 3.05) is 18.6 Å². The van der Waals surface area contributed by atoms with E-state index in [1.165, 1.54) is 16.1 Å². The topological polar surface area (TPSA) is 71.5 Å². The van der Waals surface area contributed by atoms with Crippen LogP contribution in [-0.2, 0) is 32.7 Å². The molecule has 1 fully saturated rings. The second-order valence-electron chi connectivity index (χ2n) is 6.64. The third-order valence-electron chi connectivity index (χ3n) is 4.74. The Morgan fingerprint density at radius 1 is 1.04 bits per heavy atom. The molecule has 0 N–H and O–H groups in total. The fourth-order valence-electron chi connectivity index (χ4n) is 3.65. The molecule has 0 aromatic heterocycles. The van der Waals surface area contributed by atoms with Crippen LogP contribution in [0.25, 0.3) is 0 Å². The van der Waals surface area contributed by atoms with Gasteiger partial charge in [0.25, 0.3) is 0 Å². The lowest BCUT2D eigenvalue weighted by atomic mass is 10.1. The second-order valence-corrected chi connectivity index (χ2v) is 10.7. The molecule has 1 unspecified atom stereocenters. The van der Waals surface area contributed by atoms with Crippen LogP contribution in [0, 0.1) is 0 Å². The molecule has 1 aliphatic heterocycles. The largest absolute Gasteiger partial charge is 0.243 e. The first kappa shape index (κ1) is 16.9.